The highest BCUT2D eigenvalue weighted by Gasteiger charge is 2.27. The van der Waals surface area contributed by atoms with Gasteiger partial charge in [-0.3, -0.25) is 9.59 Å². The van der Waals surface area contributed by atoms with Crippen LogP contribution in [-0.4, -0.2) is 30.1 Å². The minimum atomic E-state index is -3.99. The zero-order valence-corrected chi connectivity index (χ0v) is 22.5. The third-order valence-corrected chi connectivity index (χ3v) is 7.75. The molecule has 0 saturated carbocycles. The Hall–Kier alpha value is -4.34. The van der Waals surface area contributed by atoms with Gasteiger partial charge in [-0.15, -0.1) is 0 Å². The molecule has 39 heavy (non-hydrogen) atoms. The normalized spacial score (nSPS) is 11.5. The van der Waals surface area contributed by atoms with Gasteiger partial charge in [-0.05, 0) is 31.5 Å². The molecule has 0 unspecified atom stereocenters. The molecule has 0 aliphatic heterocycles. The van der Waals surface area contributed by atoms with Crippen molar-refractivity contribution >= 4 is 49.8 Å². The van der Waals surface area contributed by atoms with Gasteiger partial charge in [0.1, 0.15) is 5.58 Å². The van der Waals surface area contributed by atoms with Crippen LogP contribution in [0.15, 0.2) is 88.6 Å². The number of nitrogens with zero attached hydrogens (tertiary/aromatic N) is 2. The van der Waals surface area contributed by atoms with Crippen molar-refractivity contribution < 1.29 is 22.4 Å². The number of hydrogen-bond acceptors (Lipinski definition) is 7. The summed E-state index contributed by atoms with van der Waals surface area (Å²) < 4.78 is 32.0. The summed E-state index contributed by atoms with van der Waals surface area (Å²) >= 11 is 6.22. The summed E-state index contributed by atoms with van der Waals surface area (Å²) in [6.45, 7) is 3.76. The molecule has 2 aromatic heterocycles. The highest BCUT2D eigenvalue weighted by molar-refractivity contribution is 7.90. The van der Waals surface area contributed by atoms with Crippen LogP contribution < -0.4 is 5.32 Å². The van der Waals surface area contributed by atoms with Crippen molar-refractivity contribution in [1.29, 1.82) is 0 Å². The first-order valence-electron chi connectivity index (χ1n) is 11.9. The van der Waals surface area contributed by atoms with Crippen LogP contribution in [0.5, 0.6) is 0 Å². The number of aromatic nitrogens is 2. The third-order valence-electron chi connectivity index (χ3n) is 6.01. The highest BCUT2D eigenvalue weighted by atomic mass is 35.5. The number of fused-ring (bicyclic) bond motifs is 1. The van der Waals surface area contributed by atoms with Gasteiger partial charge in [-0.1, -0.05) is 83.4 Å². The van der Waals surface area contributed by atoms with Gasteiger partial charge >= 0.3 is 0 Å². The number of carbonyl (C=O) groups excluding carboxylic acids is 2. The number of rotatable bonds is 7. The first-order valence-corrected chi connectivity index (χ1v) is 13.9. The molecule has 5 rings (SSSR count). The van der Waals surface area contributed by atoms with Crippen molar-refractivity contribution in [3.05, 3.63) is 118 Å². The number of nitrogens with one attached hydrogen (secondary N) is 1. The molecule has 5 aromatic rings. The number of aryl methyl sites for hydroxylation is 2. The quantitative estimate of drug-likeness (QED) is 0.193. The standard InChI is InChI=1S/C29H22ClN3O5S/c1-17-10-12-20(13-11-17)26(34)27-24(21-8-3-4-9-23(21)38-27)32-28(35)25-22(30)15-31-29(33-25)39(36,37)16-19-7-5-6-18(2)14-19/h3-15H,16H2,1-2H3,(H,32,35). The minimum absolute atomic E-state index is 0.0779. The Morgan fingerprint density at radius 1 is 0.949 bits per heavy atom. The topological polar surface area (TPSA) is 119 Å². The Morgan fingerprint density at radius 2 is 1.69 bits per heavy atom. The third kappa shape index (κ3) is 5.45. The maximum Gasteiger partial charge on any atom is 0.276 e. The minimum Gasteiger partial charge on any atom is -0.450 e. The van der Waals surface area contributed by atoms with E-state index in [1.165, 1.54) is 0 Å². The lowest BCUT2D eigenvalue weighted by molar-refractivity contribution is 0.101. The van der Waals surface area contributed by atoms with E-state index in [1.54, 1.807) is 66.7 Å². The maximum absolute atomic E-state index is 13.4. The average Bonchev–Trinajstić information content (AvgIpc) is 3.26. The lowest BCUT2D eigenvalue weighted by Gasteiger charge is -2.09. The van der Waals surface area contributed by atoms with Gasteiger partial charge in [0.25, 0.3) is 5.91 Å². The monoisotopic (exact) mass is 559 g/mol. The second-order valence-corrected chi connectivity index (χ2v) is 11.3. The fourth-order valence-electron chi connectivity index (χ4n) is 4.08. The summed E-state index contributed by atoms with van der Waals surface area (Å²) in [5.41, 5.74) is 2.98. The number of ketones is 1. The Balaban J connectivity index is 1.50. The summed E-state index contributed by atoms with van der Waals surface area (Å²) in [5, 5.41) is 2.46. The molecule has 0 atom stereocenters. The van der Waals surface area contributed by atoms with Crippen molar-refractivity contribution in [2.75, 3.05) is 5.32 Å². The number of para-hydroxylation sites is 1. The van der Waals surface area contributed by atoms with E-state index in [9.17, 15) is 18.0 Å². The van der Waals surface area contributed by atoms with Crippen molar-refractivity contribution in [2.45, 2.75) is 24.8 Å². The van der Waals surface area contributed by atoms with Crippen LogP contribution in [0.25, 0.3) is 11.0 Å². The lowest BCUT2D eigenvalue weighted by Crippen LogP contribution is -2.19. The van der Waals surface area contributed by atoms with E-state index in [1.807, 2.05) is 19.9 Å². The SMILES string of the molecule is Cc1ccc(C(=O)c2oc3ccccc3c2NC(=O)c2nc(S(=O)(=O)Cc3cccc(C)c3)ncc2Cl)cc1. The number of amides is 1. The van der Waals surface area contributed by atoms with Crippen molar-refractivity contribution in [2.24, 2.45) is 0 Å². The predicted molar refractivity (Wildman–Crippen MR) is 148 cm³/mol. The summed E-state index contributed by atoms with van der Waals surface area (Å²) in [6.07, 6.45) is 1.07. The zero-order valence-electron chi connectivity index (χ0n) is 20.9. The molecule has 0 saturated heterocycles. The predicted octanol–water partition coefficient (Wildman–Crippen LogP) is 5.95. The molecule has 196 valence electrons. The number of hydrogen-bond donors (Lipinski definition) is 1. The highest BCUT2D eigenvalue weighted by Crippen LogP contribution is 2.33. The van der Waals surface area contributed by atoms with Gasteiger partial charge in [0, 0.05) is 10.9 Å². The number of halogens is 1. The molecule has 0 aliphatic carbocycles. The van der Waals surface area contributed by atoms with Crippen LogP contribution in [0.3, 0.4) is 0 Å². The molecule has 3 aromatic carbocycles. The Bertz CT molecular complexity index is 1850. The van der Waals surface area contributed by atoms with E-state index in [0.717, 1.165) is 17.3 Å². The Kier molecular flexibility index (Phi) is 7.03. The van der Waals surface area contributed by atoms with E-state index >= 15 is 0 Å². The van der Waals surface area contributed by atoms with Crippen LogP contribution in [-0.2, 0) is 15.6 Å². The van der Waals surface area contributed by atoms with E-state index < -0.39 is 26.7 Å². The molecular formula is C29H22ClN3O5S. The Labute approximate surface area is 229 Å². The van der Waals surface area contributed by atoms with Gasteiger partial charge in [0.15, 0.2) is 11.5 Å². The number of furan rings is 1. The zero-order chi connectivity index (χ0) is 27.7. The van der Waals surface area contributed by atoms with Crippen molar-refractivity contribution in [1.82, 2.24) is 9.97 Å². The second-order valence-electron chi connectivity index (χ2n) is 9.05. The van der Waals surface area contributed by atoms with Gasteiger partial charge in [0.05, 0.1) is 22.7 Å². The molecule has 0 radical (unpaired) electrons. The van der Waals surface area contributed by atoms with Gasteiger partial charge < -0.3 is 9.73 Å². The molecule has 10 heteroatoms. The summed E-state index contributed by atoms with van der Waals surface area (Å²) in [4.78, 5) is 34.6. The molecule has 1 N–H and O–H groups in total. The van der Waals surface area contributed by atoms with Crippen LogP contribution in [0.2, 0.25) is 5.02 Å². The molecule has 0 spiro atoms. The van der Waals surface area contributed by atoms with Crippen LogP contribution in [0.1, 0.15) is 43.3 Å². The van der Waals surface area contributed by atoms with Gasteiger partial charge in [-0.2, -0.15) is 0 Å². The molecule has 8 nitrogen and oxygen atoms in total. The fraction of sp³-hybridized carbons (Fsp3) is 0.103. The molecule has 0 fully saturated rings. The molecule has 1 amide bonds. The lowest BCUT2D eigenvalue weighted by atomic mass is 10.1. The molecule has 2 heterocycles. The summed E-state index contributed by atoms with van der Waals surface area (Å²) in [7, 11) is -3.99. The summed E-state index contributed by atoms with van der Waals surface area (Å²) in [5.74, 6) is -1.68. The number of carbonyl (C=O) groups is 2. The van der Waals surface area contributed by atoms with Gasteiger partial charge in [-0.25, -0.2) is 18.4 Å². The largest absolute Gasteiger partial charge is 0.450 e. The van der Waals surface area contributed by atoms with E-state index in [2.05, 4.69) is 15.3 Å². The number of sulfone groups is 1. The summed E-state index contributed by atoms with van der Waals surface area (Å²) in [6, 6.07) is 20.8. The molecule has 0 bridgehead atoms. The first-order chi connectivity index (χ1) is 18.6. The Morgan fingerprint density at radius 3 is 2.44 bits per heavy atom. The number of anilines is 1. The average molecular weight is 560 g/mol. The molecular weight excluding hydrogens is 538 g/mol. The fourth-order valence-corrected chi connectivity index (χ4v) is 5.45. The van der Waals surface area contributed by atoms with Crippen LogP contribution in [0.4, 0.5) is 5.69 Å². The molecule has 0 aliphatic rings. The number of benzene rings is 3. The van der Waals surface area contributed by atoms with Crippen molar-refractivity contribution in [3.8, 4) is 0 Å². The van der Waals surface area contributed by atoms with E-state index in [4.69, 9.17) is 16.0 Å². The van der Waals surface area contributed by atoms with E-state index in [-0.39, 0.29) is 27.9 Å². The second kappa shape index (κ2) is 10.4. The van der Waals surface area contributed by atoms with Crippen molar-refractivity contribution in [3.63, 3.8) is 0 Å². The smallest absolute Gasteiger partial charge is 0.276 e. The maximum atomic E-state index is 13.4. The van der Waals surface area contributed by atoms with Crippen LogP contribution in [0, 0.1) is 13.8 Å². The van der Waals surface area contributed by atoms with Crippen LogP contribution >= 0.6 is 11.6 Å². The first kappa shape index (κ1) is 26.3. The van der Waals surface area contributed by atoms with E-state index in [0.29, 0.717) is 22.1 Å². The van der Waals surface area contributed by atoms with Gasteiger partial charge in [0.2, 0.25) is 20.8 Å².